The molecule has 7 nitrogen and oxygen atoms in total. The number of nitrogens with zero attached hydrogens (tertiary/aromatic N) is 1. The first kappa shape index (κ1) is 13.3. The number of primary amides is 1. The fourth-order valence-electron chi connectivity index (χ4n) is 1.73. The minimum Gasteiger partial charge on any atom is -0.480 e. The van der Waals surface area contributed by atoms with Gasteiger partial charge in [0.2, 0.25) is 5.91 Å². The summed E-state index contributed by atoms with van der Waals surface area (Å²) in [6, 6.07) is -1.41. The molecule has 0 radical (unpaired) electrons. The number of amides is 3. The highest BCUT2D eigenvalue weighted by molar-refractivity contribution is 5.83. The number of carboxylic acids is 1. The van der Waals surface area contributed by atoms with Crippen molar-refractivity contribution in [1.29, 1.82) is 0 Å². The van der Waals surface area contributed by atoms with E-state index in [1.165, 1.54) is 11.8 Å². The maximum absolute atomic E-state index is 11.7. The highest BCUT2D eigenvalue weighted by Gasteiger charge is 2.28. The number of nitrogens with two attached hydrogens (primary N) is 1. The summed E-state index contributed by atoms with van der Waals surface area (Å²) in [5.74, 6) is -1.86. The number of hydrogen-bond acceptors (Lipinski definition) is 3. The van der Waals surface area contributed by atoms with Crippen LogP contribution in [0.25, 0.3) is 0 Å². The summed E-state index contributed by atoms with van der Waals surface area (Å²) in [5, 5.41) is 11.0. The van der Waals surface area contributed by atoms with Gasteiger partial charge in [0, 0.05) is 13.1 Å². The largest absolute Gasteiger partial charge is 0.480 e. The SMILES string of the molecule is CC(NC(=O)N1CCCC(C(N)=O)C1)C(=O)O. The molecular formula is C10H17N3O4. The Hall–Kier alpha value is -1.79. The molecular weight excluding hydrogens is 226 g/mol. The van der Waals surface area contributed by atoms with Gasteiger partial charge >= 0.3 is 12.0 Å². The molecule has 0 saturated carbocycles. The van der Waals surface area contributed by atoms with E-state index in [1.807, 2.05) is 0 Å². The van der Waals surface area contributed by atoms with Crippen LogP contribution < -0.4 is 11.1 Å². The van der Waals surface area contributed by atoms with Crippen LogP contribution in [-0.2, 0) is 9.59 Å². The Morgan fingerprint density at radius 3 is 2.65 bits per heavy atom. The lowest BCUT2D eigenvalue weighted by Gasteiger charge is -2.31. The van der Waals surface area contributed by atoms with Crippen molar-refractivity contribution in [2.45, 2.75) is 25.8 Å². The van der Waals surface area contributed by atoms with Crippen LogP contribution in [0.4, 0.5) is 4.79 Å². The van der Waals surface area contributed by atoms with Gasteiger partial charge in [0.05, 0.1) is 5.92 Å². The molecule has 2 unspecified atom stereocenters. The fourth-order valence-corrected chi connectivity index (χ4v) is 1.73. The lowest BCUT2D eigenvalue weighted by atomic mass is 9.98. The first-order valence-electron chi connectivity index (χ1n) is 5.49. The Balaban J connectivity index is 2.52. The fraction of sp³-hybridized carbons (Fsp3) is 0.700. The minimum atomic E-state index is -1.10. The van der Waals surface area contributed by atoms with E-state index in [9.17, 15) is 14.4 Å². The van der Waals surface area contributed by atoms with E-state index in [4.69, 9.17) is 10.8 Å². The second-order valence-corrected chi connectivity index (χ2v) is 4.20. The summed E-state index contributed by atoms with van der Waals surface area (Å²) in [4.78, 5) is 34.7. The molecule has 1 rings (SSSR count). The van der Waals surface area contributed by atoms with Gasteiger partial charge in [-0.3, -0.25) is 9.59 Å². The molecule has 96 valence electrons. The first-order chi connectivity index (χ1) is 7.91. The van der Waals surface area contributed by atoms with Gasteiger partial charge in [-0.1, -0.05) is 0 Å². The van der Waals surface area contributed by atoms with E-state index in [0.29, 0.717) is 19.4 Å². The minimum absolute atomic E-state index is 0.257. The molecule has 1 heterocycles. The average molecular weight is 243 g/mol. The number of urea groups is 1. The molecule has 0 aromatic carbocycles. The van der Waals surface area contributed by atoms with Gasteiger partial charge in [-0.2, -0.15) is 0 Å². The van der Waals surface area contributed by atoms with Crippen molar-refractivity contribution in [3.8, 4) is 0 Å². The summed E-state index contributed by atoms with van der Waals surface area (Å²) in [5.41, 5.74) is 5.19. The zero-order valence-electron chi connectivity index (χ0n) is 9.68. The number of nitrogens with one attached hydrogen (secondary N) is 1. The predicted molar refractivity (Wildman–Crippen MR) is 59.1 cm³/mol. The Labute approximate surface area is 98.9 Å². The van der Waals surface area contributed by atoms with Crippen LogP contribution in [0.1, 0.15) is 19.8 Å². The van der Waals surface area contributed by atoms with Gasteiger partial charge in [-0.05, 0) is 19.8 Å². The van der Waals surface area contributed by atoms with E-state index in [2.05, 4.69) is 5.32 Å². The molecule has 1 aliphatic heterocycles. The van der Waals surface area contributed by atoms with E-state index in [1.54, 1.807) is 0 Å². The van der Waals surface area contributed by atoms with Gasteiger partial charge < -0.3 is 21.1 Å². The third-order valence-corrected chi connectivity index (χ3v) is 2.82. The second-order valence-electron chi connectivity index (χ2n) is 4.20. The van der Waals surface area contributed by atoms with Crippen molar-refractivity contribution >= 4 is 17.9 Å². The van der Waals surface area contributed by atoms with Gasteiger partial charge in [0.1, 0.15) is 6.04 Å². The lowest BCUT2D eigenvalue weighted by molar-refractivity contribution is -0.138. The maximum atomic E-state index is 11.7. The molecule has 1 fully saturated rings. The van der Waals surface area contributed by atoms with Crippen molar-refractivity contribution in [3.63, 3.8) is 0 Å². The third kappa shape index (κ3) is 3.61. The van der Waals surface area contributed by atoms with Gasteiger partial charge in [0.15, 0.2) is 0 Å². The molecule has 0 bridgehead atoms. The standard InChI is InChI=1S/C10H17N3O4/c1-6(9(15)16)12-10(17)13-4-2-3-7(5-13)8(11)14/h6-7H,2-5H2,1H3,(H2,11,14)(H,12,17)(H,15,16). The highest BCUT2D eigenvalue weighted by Crippen LogP contribution is 2.15. The normalized spacial score (nSPS) is 21.7. The van der Waals surface area contributed by atoms with Crippen LogP contribution in [-0.4, -0.2) is 47.0 Å². The summed E-state index contributed by atoms with van der Waals surface area (Å²) in [7, 11) is 0. The lowest BCUT2D eigenvalue weighted by Crippen LogP contribution is -2.51. The molecule has 4 N–H and O–H groups in total. The van der Waals surface area contributed by atoms with Crippen LogP contribution in [0.5, 0.6) is 0 Å². The average Bonchev–Trinajstić information content (AvgIpc) is 2.28. The van der Waals surface area contributed by atoms with Gasteiger partial charge in [-0.25, -0.2) is 4.79 Å². The Morgan fingerprint density at radius 1 is 1.47 bits per heavy atom. The Bertz CT molecular complexity index is 332. The Kier molecular flexibility index (Phi) is 4.30. The summed E-state index contributed by atoms with van der Waals surface area (Å²) >= 11 is 0. The molecule has 3 amide bonds. The molecule has 1 saturated heterocycles. The van der Waals surface area contributed by atoms with Crippen molar-refractivity contribution in [3.05, 3.63) is 0 Å². The van der Waals surface area contributed by atoms with Gasteiger partial charge in [0.25, 0.3) is 0 Å². The number of carbonyl (C=O) groups is 3. The number of carbonyl (C=O) groups excluding carboxylic acids is 2. The van der Waals surface area contributed by atoms with Crippen LogP contribution in [0, 0.1) is 5.92 Å². The molecule has 17 heavy (non-hydrogen) atoms. The smallest absolute Gasteiger partial charge is 0.325 e. The number of carboxylic acid groups (broad SMARTS) is 1. The van der Waals surface area contributed by atoms with Crippen LogP contribution in [0.2, 0.25) is 0 Å². The third-order valence-electron chi connectivity index (χ3n) is 2.82. The number of likely N-dealkylation sites (tertiary alicyclic amines) is 1. The Morgan fingerprint density at radius 2 is 2.12 bits per heavy atom. The zero-order valence-corrected chi connectivity index (χ0v) is 9.68. The predicted octanol–water partition coefficient (Wildman–Crippen LogP) is -0.634. The zero-order chi connectivity index (χ0) is 13.0. The molecule has 0 aromatic rings. The topological polar surface area (TPSA) is 113 Å². The number of rotatable bonds is 3. The quantitative estimate of drug-likeness (QED) is 0.612. The first-order valence-corrected chi connectivity index (χ1v) is 5.49. The van der Waals surface area contributed by atoms with E-state index in [0.717, 1.165) is 0 Å². The van der Waals surface area contributed by atoms with Crippen molar-refractivity contribution < 1.29 is 19.5 Å². The number of hydrogen-bond donors (Lipinski definition) is 3. The van der Waals surface area contributed by atoms with E-state index >= 15 is 0 Å². The maximum Gasteiger partial charge on any atom is 0.325 e. The van der Waals surface area contributed by atoms with Gasteiger partial charge in [-0.15, -0.1) is 0 Å². The van der Waals surface area contributed by atoms with Crippen LogP contribution >= 0.6 is 0 Å². The van der Waals surface area contributed by atoms with E-state index in [-0.39, 0.29) is 12.5 Å². The number of aliphatic carboxylic acids is 1. The van der Waals surface area contributed by atoms with Crippen LogP contribution in [0.3, 0.4) is 0 Å². The van der Waals surface area contributed by atoms with Crippen molar-refractivity contribution in [2.75, 3.05) is 13.1 Å². The molecule has 0 aliphatic carbocycles. The summed E-state index contributed by atoms with van der Waals surface area (Å²) in [6.45, 7) is 2.16. The molecule has 2 atom stereocenters. The van der Waals surface area contributed by atoms with Crippen molar-refractivity contribution in [2.24, 2.45) is 11.7 Å². The molecule has 1 aliphatic rings. The molecule has 7 heteroatoms. The molecule has 0 spiro atoms. The van der Waals surface area contributed by atoms with E-state index < -0.39 is 23.9 Å². The summed E-state index contributed by atoms with van der Waals surface area (Å²) < 4.78 is 0. The summed E-state index contributed by atoms with van der Waals surface area (Å²) in [6.07, 6.45) is 1.37. The van der Waals surface area contributed by atoms with Crippen molar-refractivity contribution in [1.82, 2.24) is 10.2 Å². The number of piperidine rings is 1. The molecule has 0 aromatic heterocycles. The van der Waals surface area contributed by atoms with Crippen LogP contribution in [0.15, 0.2) is 0 Å². The second kappa shape index (κ2) is 5.51. The monoisotopic (exact) mass is 243 g/mol. The highest BCUT2D eigenvalue weighted by atomic mass is 16.4.